The number of hydrogen-bond donors (Lipinski definition) is 0. The van der Waals surface area contributed by atoms with Crippen molar-refractivity contribution >= 4 is 28.9 Å². The maximum atomic E-state index is 11.3. The number of rotatable bonds is 6. The third-order valence-electron chi connectivity index (χ3n) is 4.48. The van der Waals surface area contributed by atoms with Gasteiger partial charge in [0, 0.05) is 22.2 Å². The van der Waals surface area contributed by atoms with E-state index in [4.69, 9.17) is 32.5 Å². The Morgan fingerprint density at radius 1 is 1.10 bits per heavy atom. The van der Waals surface area contributed by atoms with Gasteiger partial charge in [-0.1, -0.05) is 46.6 Å². The van der Waals surface area contributed by atoms with Gasteiger partial charge in [0.2, 0.25) is 5.82 Å². The molecule has 0 bridgehead atoms. The molecule has 0 aliphatic heterocycles. The van der Waals surface area contributed by atoms with E-state index in [2.05, 4.69) is 10.1 Å². The summed E-state index contributed by atoms with van der Waals surface area (Å²) in [5.41, 5.74) is 2.79. The smallest absolute Gasteiger partial charge is 0.311 e. The van der Waals surface area contributed by atoms with Crippen molar-refractivity contribution in [1.29, 1.82) is 0 Å². The average Bonchev–Trinajstić information content (AvgIpc) is 3.23. The first-order chi connectivity index (χ1) is 14.9. The van der Waals surface area contributed by atoms with Crippen molar-refractivity contribution < 1.29 is 14.2 Å². The average molecular weight is 456 g/mol. The van der Waals surface area contributed by atoms with Gasteiger partial charge in [-0.25, -0.2) is 0 Å². The van der Waals surface area contributed by atoms with E-state index < -0.39 is 4.92 Å². The lowest BCUT2D eigenvalue weighted by molar-refractivity contribution is -0.386. The van der Waals surface area contributed by atoms with Crippen molar-refractivity contribution in [2.75, 3.05) is 0 Å². The summed E-state index contributed by atoms with van der Waals surface area (Å²) in [5, 5.41) is 16.2. The Hall–Kier alpha value is -3.42. The van der Waals surface area contributed by atoms with Crippen molar-refractivity contribution in [2.24, 2.45) is 0 Å². The van der Waals surface area contributed by atoms with Crippen LogP contribution in [0.5, 0.6) is 5.75 Å². The molecule has 31 heavy (non-hydrogen) atoms. The van der Waals surface area contributed by atoms with Gasteiger partial charge in [0.15, 0.2) is 5.75 Å². The van der Waals surface area contributed by atoms with E-state index in [1.807, 2.05) is 24.3 Å². The monoisotopic (exact) mass is 455 g/mol. The number of aryl methyl sites for hydroxylation is 1. The molecule has 3 aromatic carbocycles. The molecule has 0 saturated heterocycles. The lowest BCUT2D eigenvalue weighted by Gasteiger charge is -2.08. The minimum absolute atomic E-state index is 0.0717. The number of aromatic nitrogens is 2. The van der Waals surface area contributed by atoms with Crippen molar-refractivity contribution in [3.63, 3.8) is 0 Å². The van der Waals surface area contributed by atoms with Gasteiger partial charge in [-0.15, -0.1) is 0 Å². The predicted molar refractivity (Wildman–Crippen MR) is 117 cm³/mol. The molecule has 156 valence electrons. The Labute approximate surface area is 187 Å². The summed E-state index contributed by atoms with van der Waals surface area (Å²) < 4.78 is 11.1. The number of ether oxygens (including phenoxy) is 1. The Morgan fingerprint density at radius 2 is 1.94 bits per heavy atom. The van der Waals surface area contributed by atoms with Gasteiger partial charge in [0.05, 0.1) is 9.95 Å². The fraction of sp³-hybridized carbons (Fsp3) is 0.0909. The van der Waals surface area contributed by atoms with Gasteiger partial charge in [0.1, 0.15) is 6.61 Å². The van der Waals surface area contributed by atoms with E-state index in [0.29, 0.717) is 32.9 Å². The SMILES string of the molecule is Cc1ccc(OCc2cccc(-c3nc(-c4ccc(Cl)cc4Cl)no3)c2)c([N+](=O)[O-])c1. The third-order valence-corrected chi connectivity index (χ3v) is 5.03. The number of benzene rings is 3. The molecule has 0 aliphatic carbocycles. The van der Waals surface area contributed by atoms with E-state index in [0.717, 1.165) is 11.1 Å². The molecular formula is C22H15Cl2N3O4. The Bertz CT molecular complexity index is 1270. The normalized spacial score (nSPS) is 10.8. The van der Waals surface area contributed by atoms with E-state index in [-0.39, 0.29) is 18.0 Å². The molecule has 4 rings (SSSR count). The number of nitrogens with zero attached hydrogens (tertiary/aromatic N) is 3. The maximum Gasteiger partial charge on any atom is 0.311 e. The highest BCUT2D eigenvalue weighted by Crippen LogP contribution is 2.31. The first-order valence-corrected chi connectivity index (χ1v) is 9.92. The molecule has 0 amide bonds. The van der Waals surface area contributed by atoms with E-state index in [1.165, 1.54) is 6.07 Å². The van der Waals surface area contributed by atoms with Gasteiger partial charge >= 0.3 is 5.69 Å². The van der Waals surface area contributed by atoms with Crippen LogP contribution in [-0.4, -0.2) is 15.1 Å². The topological polar surface area (TPSA) is 91.3 Å². The fourth-order valence-electron chi connectivity index (χ4n) is 2.97. The van der Waals surface area contributed by atoms with Crippen molar-refractivity contribution in [2.45, 2.75) is 13.5 Å². The molecule has 0 fully saturated rings. The largest absolute Gasteiger partial charge is 0.482 e. The number of nitro benzene ring substituents is 1. The highest BCUT2D eigenvalue weighted by Gasteiger charge is 2.16. The quantitative estimate of drug-likeness (QED) is 0.243. The van der Waals surface area contributed by atoms with E-state index in [1.54, 1.807) is 37.3 Å². The lowest BCUT2D eigenvalue weighted by atomic mass is 10.1. The van der Waals surface area contributed by atoms with Crippen LogP contribution in [0.3, 0.4) is 0 Å². The summed E-state index contributed by atoms with van der Waals surface area (Å²) in [5.74, 6) is 0.858. The molecular weight excluding hydrogens is 441 g/mol. The molecule has 0 unspecified atom stereocenters. The maximum absolute atomic E-state index is 11.3. The van der Waals surface area contributed by atoms with E-state index in [9.17, 15) is 10.1 Å². The summed E-state index contributed by atoms with van der Waals surface area (Å²) in [4.78, 5) is 15.2. The highest BCUT2D eigenvalue weighted by molar-refractivity contribution is 6.36. The zero-order valence-corrected chi connectivity index (χ0v) is 17.7. The standard InChI is InChI=1S/C22H15Cl2N3O4/c1-13-5-8-20(19(9-13)27(28)29)30-12-14-3-2-4-15(10-14)22-25-21(26-31-22)17-7-6-16(23)11-18(17)24/h2-11H,12H2,1H3. The lowest BCUT2D eigenvalue weighted by Crippen LogP contribution is -1.99. The molecule has 0 atom stereocenters. The second kappa shape index (κ2) is 8.75. The van der Waals surface area contributed by atoms with Crippen LogP contribution < -0.4 is 4.74 Å². The Morgan fingerprint density at radius 3 is 2.71 bits per heavy atom. The van der Waals surface area contributed by atoms with Crippen LogP contribution in [0.15, 0.2) is 65.2 Å². The summed E-state index contributed by atoms with van der Waals surface area (Å²) in [6, 6.07) is 17.2. The predicted octanol–water partition coefficient (Wildman–Crippen LogP) is 6.51. The molecule has 9 heteroatoms. The summed E-state index contributed by atoms with van der Waals surface area (Å²) in [6.45, 7) is 1.93. The zero-order valence-electron chi connectivity index (χ0n) is 16.2. The van der Waals surface area contributed by atoms with Crippen LogP contribution in [0.2, 0.25) is 10.0 Å². The summed E-state index contributed by atoms with van der Waals surface area (Å²) in [6.07, 6.45) is 0. The van der Waals surface area contributed by atoms with Crippen LogP contribution in [0.1, 0.15) is 11.1 Å². The summed E-state index contributed by atoms with van der Waals surface area (Å²) in [7, 11) is 0. The van der Waals surface area contributed by atoms with Gasteiger partial charge in [-0.2, -0.15) is 4.98 Å². The molecule has 0 radical (unpaired) electrons. The van der Waals surface area contributed by atoms with E-state index >= 15 is 0 Å². The van der Waals surface area contributed by atoms with Crippen molar-refractivity contribution in [1.82, 2.24) is 10.1 Å². The highest BCUT2D eigenvalue weighted by atomic mass is 35.5. The first kappa shape index (κ1) is 20.8. The number of nitro groups is 1. The van der Waals surface area contributed by atoms with Crippen LogP contribution in [0.25, 0.3) is 22.8 Å². The molecule has 0 N–H and O–H groups in total. The number of halogens is 2. The van der Waals surface area contributed by atoms with Crippen molar-refractivity contribution in [3.05, 3.63) is 92.0 Å². The molecule has 0 saturated carbocycles. The second-order valence-corrected chi connectivity index (χ2v) is 7.61. The van der Waals surface area contributed by atoms with Crippen LogP contribution in [0.4, 0.5) is 5.69 Å². The van der Waals surface area contributed by atoms with Crippen LogP contribution >= 0.6 is 23.2 Å². The molecule has 7 nitrogen and oxygen atoms in total. The van der Waals surface area contributed by atoms with Crippen molar-refractivity contribution in [3.8, 4) is 28.6 Å². The van der Waals surface area contributed by atoms with Gasteiger partial charge in [-0.05, 0) is 54.4 Å². The second-order valence-electron chi connectivity index (χ2n) is 6.76. The Kier molecular flexibility index (Phi) is 5.88. The van der Waals surface area contributed by atoms with Crippen LogP contribution in [0, 0.1) is 17.0 Å². The fourth-order valence-corrected chi connectivity index (χ4v) is 3.46. The number of hydrogen-bond acceptors (Lipinski definition) is 6. The molecule has 4 aromatic rings. The van der Waals surface area contributed by atoms with Gasteiger partial charge in [0.25, 0.3) is 5.89 Å². The molecule has 0 spiro atoms. The zero-order chi connectivity index (χ0) is 22.0. The minimum atomic E-state index is -0.458. The molecule has 1 heterocycles. The third kappa shape index (κ3) is 4.68. The summed E-state index contributed by atoms with van der Waals surface area (Å²) >= 11 is 12.2. The van der Waals surface area contributed by atoms with Crippen LogP contribution in [-0.2, 0) is 6.61 Å². The minimum Gasteiger partial charge on any atom is -0.482 e. The molecule has 1 aromatic heterocycles. The Balaban J connectivity index is 1.55. The van der Waals surface area contributed by atoms with Gasteiger partial charge < -0.3 is 9.26 Å². The first-order valence-electron chi connectivity index (χ1n) is 9.17. The van der Waals surface area contributed by atoms with Gasteiger partial charge in [-0.3, -0.25) is 10.1 Å². The molecule has 0 aliphatic rings.